The second-order valence-corrected chi connectivity index (χ2v) is 2.13. The molecule has 0 bridgehead atoms. The predicted molar refractivity (Wildman–Crippen MR) is 50.9 cm³/mol. The zero-order valence-electron chi connectivity index (χ0n) is 6.73. The van der Waals surface area contributed by atoms with E-state index in [2.05, 4.69) is 0 Å². The minimum atomic E-state index is -0.110. The van der Waals surface area contributed by atoms with E-state index in [9.17, 15) is 0 Å². The SMILES string of the molecule is C/C=C/C=C/CC(N)CO.Cl. The Labute approximate surface area is 74.2 Å². The summed E-state index contributed by atoms with van der Waals surface area (Å²) in [5, 5.41) is 8.51. The van der Waals surface area contributed by atoms with Crippen molar-refractivity contribution in [3.8, 4) is 0 Å². The van der Waals surface area contributed by atoms with Crippen LogP contribution in [0.5, 0.6) is 0 Å². The maximum absolute atomic E-state index is 8.51. The Balaban J connectivity index is 0. The lowest BCUT2D eigenvalue weighted by molar-refractivity contribution is 0.266. The van der Waals surface area contributed by atoms with Crippen LogP contribution in [-0.2, 0) is 0 Å². The summed E-state index contributed by atoms with van der Waals surface area (Å²) in [6.07, 6.45) is 8.49. The van der Waals surface area contributed by atoms with Gasteiger partial charge in [-0.15, -0.1) is 12.4 Å². The summed E-state index contributed by atoms with van der Waals surface area (Å²) in [7, 11) is 0. The molecule has 0 rings (SSSR count). The van der Waals surface area contributed by atoms with Gasteiger partial charge < -0.3 is 10.8 Å². The first kappa shape index (κ1) is 13.3. The zero-order valence-corrected chi connectivity index (χ0v) is 7.55. The molecular weight excluding hydrogens is 162 g/mol. The molecule has 0 aromatic rings. The van der Waals surface area contributed by atoms with Gasteiger partial charge in [-0.05, 0) is 13.3 Å². The Hall–Kier alpha value is -0.310. The first-order valence-corrected chi connectivity index (χ1v) is 3.45. The molecule has 0 aliphatic carbocycles. The van der Waals surface area contributed by atoms with Gasteiger partial charge in [0, 0.05) is 6.04 Å². The van der Waals surface area contributed by atoms with Crippen LogP contribution in [0, 0.1) is 0 Å². The summed E-state index contributed by atoms with van der Waals surface area (Å²) in [6.45, 7) is 2.01. The van der Waals surface area contributed by atoms with Crippen LogP contribution < -0.4 is 5.73 Å². The predicted octanol–water partition coefficient (Wildman–Crippen LogP) is 1.25. The van der Waals surface area contributed by atoms with E-state index in [0.717, 1.165) is 6.42 Å². The third-order valence-corrected chi connectivity index (χ3v) is 1.11. The molecular formula is C8H16ClNO. The van der Waals surface area contributed by atoms with Crippen molar-refractivity contribution in [2.75, 3.05) is 6.61 Å². The first-order chi connectivity index (χ1) is 4.81. The summed E-state index contributed by atoms with van der Waals surface area (Å²) in [4.78, 5) is 0. The Morgan fingerprint density at radius 3 is 2.55 bits per heavy atom. The lowest BCUT2D eigenvalue weighted by Crippen LogP contribution is -2.22. The molecule has 11 heavy (non-hydrogen) atoms. The van der Waals surface area contributed by atoms with Gasteiger partial charge >= 0.3 is 0 Å². The van der Waals surface area contributed by atoms with Crippen LogP contribution in [0.4, 0.5) is 0 Å². The molecule has 0 saturated carbocycles. The normalized spacial score (nSPS) is 13.7. The molecule has 0 aromatic carbocycles. The summed E-state index contributed by atoms with van der Waals surface area (Å²) in [5.41, 5.74) is 5.43. The van der Waals surface area contributed by atoms with Crippen LogP contribution in [0.2, 0.25) is 0 Å². The van der Waals surface area contributed by atoms with E-state index in [1.165, 1.54) is 0 Å². The molecule has 0 fully saturated rings. The lowest BCUT2D eigenvalue weighted by Gasteiger charge is -2.00. The van der Waals surface area contributed by atoms with Crippen molar-refractivity contribution in [1.82, 2.24) is 0 Å². The molecule has 0 aromatic heterocycles. The summed E-state index contributed by atoms with van der Waals surface area (Å²) in [6, 6.07) is -0.110. The van der Waals surface area contributed by atoms with Gasteiger partial charge in [0.2, 0.25) is 0 Å². The number of halogens is 1. The van der Waals surface area contributed by atoms with Crippen LogP contribution in [0.3, 0.4) is 0 Å². The lowest BCUT2D eigenvalue weighted by atomic mass is 10.2. The Morgan fingerprint density at radius 1 is 1.45 bits per heavy atom. The maximum atomic E-state index is 8.51. The summed E-state index contributed by atoms with van der Waals surface area (Å²) >= 11 is 0. The third kappa shape index (κ3) is 9.69. The quantitative estimate of drug-likeness (QED) is 0.635. The van der Waals surface area contributed by atoms with Crippen molar-refractivity contribution in [3.05, 3.63) is 24.3 Å². The highest BCUT2D eigenvalue weighted by atomic mass is 35.5. The minimum absolute atomic E-state index is 0. The number of nitrogens with two attached hydrogens (primary N) is 1. The highest BCUT2D eigenvalue weighted by Gasteiger charge is 1.93. The Morgan fingerprint density at radius 2 is 2.09 bits per heavy atom. The highest BCUT2D eigenvalue weighted by molar-refractivity contribution is 5.85. The topological polar surface area (TPSA) is 46.2 Å². The van der Waals surface area contributed by atoms with Gasteiger partial charge in [0.25, 0.3) is 0 Å². The molecule has 2 nitrogen and oxygen atoms in total. The van der Waals surface area contributed by atoms with Gasteiger partial charge in [0.15, 0.2) is 0 Å². The van der Waals surface area contributed by atoms with Crippen molar-refractivity contribution in [3.63, 3.8) is 0 Å². The molecule has 3 N–H and O–H groups in total. The smallest absolute Gasteiger partial charge is 0.0585 e. The number of hydrogen-bond acceptors (Lipinski definition) is 2. The van der Waals surface area contributed by atoms with Crippen LogP contribution in [0.1, 0.15) is 13.3 Å². The maximum Gasteiger partial charge on any atom is 0.0585 e. The molecule has 0 amide bonds. The molecule has 1 atom stereocenters. The van der Waals surface area contributed by atoms with Crippen molar-refractivity contribution in [2.45, 2.75) is 19.4 Å². The fraction of sp³-hybridized carbons (Fsp3) is 0.500. The van der Waals surface area contributed by atoms with Gasteiger partial charge in [-0.3, -0.25) is 0 Å². The fourth-order valence-corrected chi connectivity index (χ4v) is 0.518. The van der Waals surface area contributed by atoms with Crippen LogP contribution >= 0.6 is 12.4 Å². The van der Waals surface area contributed by atoms with Crippen LogP contribution in [0.15, 0.2) is 24.3 Å². The second-order valence-electron chi connectivity index (χ2n) is 2.13. The number of hydrogen-bond donors (Lipinski definition) is 2. The third-order valence-electron chi connectivity index (χ3n) is 1.11. The van der Waals surface area contributed by atoms with Crippen LogP contribution in [0.25, 0.3) is 0 Å². The monoisotopic (exact) mass is 177 g/mol. The molecule has 0 saturated heterocycles. The van der Waals surface area contributed by atoms with Crippen molar-refractivity contribution in [2.24, 2.45) is 5.73 Å². The average molecular weight is 178 g/mol. The van der Waals surface area contributed by atoms with Gasteiger partial charge in [0.1, 0.15) is 0 Å². The van der Waals surface area contributed by atoms with Gasteiger partial charge in [-0.1, -0.05) is 24.3 Å². The Kier molecular flexibility index (Phi) is 11.7. The van der Waals surface area contributed by atoms with E-state index in [-0.39, 0.29) is 25.1 Å². The van der Waals surface area contributed by atoms with E-state index >= 15 is 0 Å². The number of aliphatic hydroxyl groups is 1. The zero-order chi connectivity index (χ0) is 7.82. The van der Waals surface area contributed by atoms with Gasteiger partial charge in [0.05, 0.1) is 6.61 Å². The van der Waals surface area contributed by atoms with E-state index in [1.807, 2.05) is 31.2 Å². The molecule has 0 spiro atoms. The van der Waals surface area contributed by atoms with Crippen molar-refractivity contribution in [1.29, 1.82) is 0 Å². The van der Waals surface area contributed by atoms with Gasteiger partial charge in [-0.25, -0.2) is 0 Å². The molecule has 0 radical (unpaired) electrons. The average Bonchev–Trinajstić information content (AvgIpc) is 1.98. The summed E-state index contributed by atoms with van der Waals surface area (Å²) in [5.74, 6) is 0. The minimum Gasteiger partial charge on any atom is -0.395 e. The number of rotatable bonds is 4. The van der Waals surface area contributed by atoms with E-state index in [4.69, 9.17) is 10.8 Å². The number of aliphatic hydroxyl groups excluding tert-OH is 1. The highest BCUT2D eigenvalue weighted by Crippen LogP contribution is 1.88. The molecule has 0 aliphatic rings. The second kappa shape index (κ2) is 9.69. The molecule has 0 heterocycles. The molecule has 1 unspecified atom stereocenters. The van der Waals surface area contributed by atoms with Crippen LogP contribution in [-0.4, -0.2) is 17.8 Å². The van der Waals surface area contributed by atoms with Gasteiger partial charge in [-0.2, -0.15) is 0 Å². The fourth-order valence-electron chi connectivity index (χ4n) is 0.518. The number of allylic oxidation sites excluding steroid dienone is 3. The first-order valence-electron chi connectivity index (χ1n) is 3.45. The van der Waals surface area contributed by atoms with Crippen molar-refractivity contribution < 1.29 is 5.11 Å². The van der Waals surface area contributed by atoms with E-state index < -0.39 is 0 Å². The van der Waals surface area contributed by atoms with Crippen molar-refractivity contribution >= 4 is 12.4 Å². The molecule has 66 valence electrons. The standard InChI is InChI=1S/C8H15NO.ClH/c1-2-3-4-5-6-8(9)7-10;/h2-5,8,10H,6-7,9H2,1H3;1H/b3-2+,5-4+;. The Bertz CT molecular complexity index is 123. The van der Waals surface area contributed by atoms with E-state index in [0.29, 0.717) is 0 Å². The molecule has 0 aliphatic heterocycles. The summed E-state index contributed by atoms with van der Waals surface area (Å²) < 4.78 is 0. The largest absolute Gasteiger partial charge is 0.395 e. The van der Waals surface area contributed by atoms with E-state index in [1.54, 1.807) is 0 Å². The molecule has 3 heteroatoms.